The fourth-order valence-electron chi connectivity index (χ4n) is 2.49. The van der Waals surface area contributed by atoms with Crippen molar-refractivity contribution in [1.29, 1.82) is 0 Å². The van der Waals surface area contributed by atoms with E-state index in [1.807, 2.05) is 0 Å². The molecular formula is C18H25NS. The molecule has 0 aliphatic heterocycles. The van der Waals surface area contributed by atoms with Gasteiger partial charge >= 0.3 is 0 Å². The van der Waals surface area contributed by atoms with Crippen molar-refractivity contribution in [2.75, 3.05) is 6.54 Å². The third kappa shape index (κ3) is 4.19. The first-order chi connectivity index (χ1) is 9.70. The summed E-state index contributed by atoms with van der Waals surface area (Å²) in [7, 11) is 0. The number of aryl methyl sites for hydroxylation is 1. The van der Waals surface area contributed by atoms with Crippen molar-refractivity contribution in [3.05, 3.63) is 57.8 Å². The molecule has 0 spiro atoms. The van der Waals surface area contributed by atoms with Crippen LogP contribution in [0, 0.1) is 0 Å². The number of thiophene rings is 1. The van der Waals surface area contributed by atoms with Gasteiger partial charge in [0.05, 0.1) is 0 Å². The Morgan fingerprint density at radius 1 is 1.05 bits per heavy atom. The lowest BCUT2D eigenvalue weighted by atomic mass is 9.96. The molecule has 2 rings (SSSR count). The van der Waals surface area contributed by atoms with Crippen molar-refractivity contribution < 1.29 is 0 Å². The van der Waals surface area contributed by atoms with E-state index in [1.54, 1.807) is 11.3 Å². The van der Waals surface area contributed by atoms with E-state index in [2.05, 4.69) is 67.2 Å². The fraction of sp³-hybridized carbons (Fsp3) is 0.444. The molecule has 108 valence electrons. The fourth-order valence-corrected chi connectivity index (χ4v) is 3.20. The molecule has 1 atom stereocenters. The SMILES string of the molecule is CCNC(CCc1ccsc1)c1ccc(C(C)C)cc1. The van der Waals surface area contributed by atoms with Gasteiger partial charge < -0.3 is 5.32 Å². The summed E-state index contributed by atoms with van der Waals surface area (Å²) in [6.07, 6.45) is 2.30. The maximum atomic E-state index is 3.61. The molecule has 2 aromatic rings. The van der Waals surface area contributed by atoms with E-state index < -0.39 is 0 Å². The Morgan fingerprint density at radius 2 is 1.75 bits per heavy atom. The average molecular weight is 287 g/mol. The highest BCUT2D eigenvalue weighted by atomic mass is 32.1. The first kappa shape index (κ1) is 15.3. The van der Waals surface area contributed by atoms with Crippen LogP contribution in [0.1, 0.15) is 55.8 Å². The second-order valence-corrected chi connectivity index (χ2v) is 6.38. The van der Waals surface area contributed by atoms with Crippen molar-refractivity contribution in [2.45, 2.75) is 45.6 Å². The maximum absolute atomic E-state index is 3.61. The topological polar surface area (TPSA) is 12.0 Å². The van der Waals surface area contributed by atoms with E-state index in [1.165, 1.54) is 16.7 Å². The monoisotopic (exact) mass is 287 g/mol. The van der Waals surface area contributed by atoms with Gasteiger partial charge in [-0.15, -0.1) is 0 Å². The van der Waals surface area contributed by atoms with E-state index >= 15 is 0 Å². The standard InChI is InChI=1S/C18H25NS/c1-4-19-18(10-5-15-11-12-20-13-15)17-8-6-16(7-9-17)14(2)3/h6-9,11-14,18-19H,4-5,10H2,1-3H3. The lowest BCUT2D eigenvalue weighted by Crippen LogP contribution is -2.21. The zero-order valence-corrected chi connectivity index (χ0v) is 13.5. The molecule has 2 heteroatoms. The van der Waals surface area contributed by atoms with Crippen LogP contribution >= 0.6 is 11.3 Å². The largest absolute Gasteiger partial charge is 0.310 e. The summed E-state index contributed by atoms with van der Waals surface area (Å²) >= 11 is 1.79. The summed E-state index contributed by atoms with van der Waals surface area (Å²) in [5.41, 5.74) is 4.28. The van der Waals surface area contributed by atoms with Crippen LogP contribution < -0.4 is 5.32 Å². The molecule has 1 aromatic carbocycles. The molecule has 0 amide bonds. The molecule has 1 nitrogen and oxygen atoms in total. The van der Waals surface area contributed by atoms with Gasteiger partial charge in [0.15, 0.2) is 0 Å². The van der Waals surface area contributed by atoms with Gasteiger partial charge in [-0.1, -0.05) is 45.0 Å². The van der Waals surface area contributed by atoms with Gasteiger partial charge in [-0.05, 0) is 58.8 Å². The smallest absolute Gasteiger partial charge is 0.0323 e. The number of hydrogen-bond donors (Lipinski definition) is 1. The number of rotatable bonds is 7. The Labute approximate surface area is 127 Å². The third-order valence-corrected chi connectivity index (χ3v) is 4.49. The minimum absolute atomic E-state index is 0.459. The molecular weight excluding hydrogens is 262 g/mol. The van der Waals surface area contributed by atoms with Gasteiger partial charge in [-0.3, -0.25) is 0 Å². The molecule has 0 aliphatic carbocycles. The highest BCUT2D eigenvalue weighted by Crippen LogP contribution is 2.23. The second kappa shape index (κ2) is 7.61. The van der Waals surface area contributed by atoms with Gasteiger partial charge in [0.1, 0.15) is 0 Å². The Kier molecular flexibility index (Phi) is 5.81. The first-order valence-corrected chi connectivity index (χ1v) is 8.49. The Morgan fingerprint density at radius 3 is 2.30 bits per heavy atom. The Bertz CT molecular complexity index is 485. The van der Waals surface area contributed by atoms with E-state index in [4.69, 9.17) is 0 Å². The molecule has 0 fully saturated rings. The van der Waals surface area contributed by atoms with Crippen LogP contribution in [0.5, 0.6) is 0 Å². The Hall–Kier alpha value is -1.12. The quantitative estimate of drug-likeness (QED) is 0.742. The highest BCUT2D eigenvalue weighted by Gasteiger charge is 2.11. The van der Waals surface area contributed by atoms with Gasteiger partial charge in [0.2, 0.25) is 0 Å². The van der Waals surface area contributed by atoms with Gasteiger partial charge in [-0.2, -0.15) is 11.3 Å². The number of benzene rings is 1. The highest BCUT2D eigenvalue weighted by molar-refractivity contribution is 7.07. The molecule has 1 unspecified atom stereocenters. The van der Waals surface area contributed by atoms with Gasteiger partial charge in [0.25, 0.3) is 0 Å². The molecule has 0 bridgehead atoms. The van der Waals surface area contributed by atoms with Crippen LogP contribution in [-0.4, -0.2) is 6.54 Å². The lowest BCUT2D eigenvalue weighted by Gasteiger charge is -2.19. The zero-order chi connectivity index (χ0) is 14.4. The average Bonchev–Trinajstić information content (AvgIpc) is 2.97. The second-order valence-electron chi connectivity index (χ2n) is 5.60. The van der Waals surface area contributed by atoms with Crippen LogP contribution in [0.2, 0.25) is 0 Å². The summed E-state index contributed by atoms with van der Waals surface area (Å²) < 4.78 is 0. The van der Waals surface area contributed by atoms with Crippen molar-refractivity contribution in [2.24, 2.45) is 0 Å². The van der Waals surface area contributed by atoms with Crippen molar-refractivity contribution >= 4 is 11.3 Å². The van der Waals surface area contributed by atoms with Crippen molar-refractivity contribution in [3.63, 3.8) is 0 Å². The predicted molar refractivity (Wildman–Crippen MR) is 89.6 cm³/mol. The summed E-state index contributed by atoms with van der Waals surface area (Å²) in [5.74, 6) is 0.604. The van der Waals surface area contributed by atoms with E-state index in [9.17, 15) is 0 Å². The van der Waals surface area contributed by atoms with Gasteiger partial charge in [0, 0.05) is 6.04 Å². The molecule has 0 saturated carbocycles. The molecule has 1 heterocycles. The van der Waals surface area contributed by atoms with E-state index in [0.29, 0.717) is 12.0 Å². The molecule has 0 aliphatic rings. The van der Waals surface area contributed by atoms with Crippen molar-refractivity contribution in [3.8, 4) is 0 Å². The summed E-state index contributed by atoms with van der Waals surface area (Å²) in [5, 5.41) is 8.03. The summed E-state index contributed by atoms with van der Waals surface area (Å²) in [4.78, 5) is 0. The molecule has 0 saturated heterocycles. The predicted octanol–water partition coefficient (Wildman–Crippen LogP) is 5.15. The normalized spacial score (nSPS) is 12.8. The lowest BCUT2D eigenvalue weighted by molar-refractivity contribution is 0.515. The molecule has 0 radical (unpaired) electrons. The maximum Gasteiger partial charge on any atom is 0.0323 e. The van der Waals surface area contributed by atoms with Crippen LogP contribution in [0.25, 0.3) is 0 Å². The number of nitrogens with one attached hydrogen (secondary N) is 1. The van der Waals surface area contributed by atoms with E-state index in [-0.39, 0.29) is 0 Å². The zero-order valence-electron chi connectivity index (χ0n) is 12.7. The van der Waals surface area contributed by atoms with Gasteiger partial charge in [-0.25, -0.2) is 0 Å². The third-order valence-electron chi connectivity index (χ3n) is 3.76. The van der Waals surface area contributed by atoms with Crippen LogP contribution in [-0.2, 0) is 6.42 Å². The number of hydrogen-bond acceptors (Lipinski definition) is 2. The molecule has 20 heavy (non-hydrogen) atoms. The van der Waals surface area contributed by atoms with Crippen molar-refractivity contribution in [1.82, 2.24) is 5.32 Å². The summed E-state index contributed by atoms with van der Waals surface area (Å²) in [6.45, 7) is 7.68. The minimum Gasteiger partial charge on any atom is -0.310 e. The first-order valence-electron chi connectivity index (χ1n) is 7.55. The molecule has 1 aromatic heterocycles. The summed E-state index contributed by atoms with van der Waals surface area (Å²) in [6, 6.07) is 11.8. The van der Waals surface area contributed by atoms with E-state index in [0.717, 1.165) is 19.4 Å². The van der Waals surface area contributed by atoms with Crippen LogP contribution in [0.15, 0.2) is 41.1 Å². The molecule has 1 N–H and O–H groups in total. The minimum atomic E-state index is 0.459. The van der Waals surface area contributed by atoms with Crippen LogP contribution in [0.3, 0.4) is 0 Å². The van der Waals surface area contributed by atoms with Crippen LogP contribution in [0.4, 0.5) is 0 Å². The Balaban J connectivity index is 2.03.